The van der Waals surface area contributed by atoms with Crippen LogP contribution >= 0.6 is 0 Å². The van der Waals surface area contributed by atoms with Gasteiger partial charge in [0.15, 0.2) is 5.76 Å². The molecule has 0 spiro atoms. The van der Waals surface area contributed by atoms with Crippen molar-refractivity contribution >= 4 is 11.7 Å². The van der Waals surface area contributed by atoms with Gasteiger partial charge in [0.2, 0.25) is 0 Å². The number of nitrogens with zero attached hydrogens (tertiary/aromatic N) is 3. The van der Waals surface area contributed by atoms with E-state index in [4.69, 9.17) is 4.42 Å². The maximum atomic E-state index is 12.9. The van der Waals surface area contributed by atoms with Gasteiger partial charge in [0.05, 0.1) is 12.2 Å². The Morgan fingerprint density at radius 2 is 2.00 bits per heavy atom. The van der Waals surface area contributed by atoms with Crippen LogP contribution in [-0.4, -0.2) is 33.7 Å². The van der Waals surface area contributed by atoms with Crippen LogP contribution in [0.3, 0.4) is 0 Å². The van der Waals surface area contributed by atoms with Crippen LogP contribution in [0.25, 0.3) is 0 Å². The Morgan fingerprint density at radius 1 is 1.26 bits per heavy atom. The van der Waals surface area contributed by atoms with Crippen molar-refractivity contribution in [3.63, 3.8) is 0 Å². The van der Waals surface area contributed by atoms with Crippen molar-refractivity contribution in [3.05, 3.63) is 34.9 Å². The van der Waals surface area contributed by atoms with Gasteiger partial charge in [-0.3, -0.25) is 9.69 Å². The lowest BCUT2D eigenvalue weighted by Crippen LogP contribution is -2.19. The Kier molecular flexibility index (Phi) is 5.34. The summed E-state index contributed by atoms with van der Waals surface area (Å²) in [7, 11) is 0. The van der Waals surface area contributed by atoms with Crippen molar-refractivity contribution in [3.8, 4) is 0 Å². The third-order valence-electron chi connectivity index (χ3n) is 5.92. The zero-order chi connectivity index (χ0) is 18.8. The Balaban J connectivity index is 1.51. The highest BCUT2D eigenvalue weighted by atomic mass is 16.4. The number of rotatable bonds is 6. The topological polar surface area (TPSA) is 63.3 Å². The smallest absolute Gasteiger partial charge is 0.292 e. The average Bonchev–Trinajstić information content (AvgIpc) is 3.43. The van der Waals surface area contributed by atoms with E-state index in [0.29, 0.717) is 11.8 Å². The molecule has 0 unspecified atom stereocenters. The lowest BCUT2D eigenvalue weighted by atomic mass is 10.2. The Bertz CT molecular complexity index is 795. The van der Waals surface area contributed by atoms with Crippen molar-refractivity contribution in [2.75, 3.05) is 18.4 Å². The molecule has 1 N–H and O–H groups in total. The van der Waals surface area contributed by atoms with E-state index < -0.39 is 0 Å². The van der Waals surface area contributed by atoms with Gasteiger partial charge >= 0.3 is 0 Å². The molecule has 0 radical (unpaired) electrons. The van der Waals surface area contributed by atoms with Crippen LogP contribution in [0.1, 0.15) is 78.9 Å². The monoisotopic (exact) mass is 370 g/mol. The molecule has 1 aliphatic carbocycles. The minimum Gasteiger partial charge on any atom is -0.456 e. The molecule has 146 valence electrons. The van der Waals surface area contributed by atoms with Crippen LogP contribution in [0.15, 0.2) is 16.7 Å². The van der Waals surface area contributed by atoms with Crippen molar-refractivity contribution in [1.82, 2.24) is 14.7 Å². The second kappa shape index (κ2) is 7.89. The zero-order valence-electron chi connectivity index (χ0n) is 16.5. The highest BCUT2D eigenvalue weighted by Crippen LogP contribution is 2.32. The van der Waals surface area contributed by atoms with E-state index in [9.17, 15) is 4.79 Å². The zero-order valence-corrected chi connectivity index (χ0v) is 16.5. The van der Waals surface area contributed by atoms with E-state index in [-0.39, 0.29) is 5.91 Å². The van der Waals surface area contributed by atoms with Gasteiger partial charge in [-0.2, -0.15) is 5.10 Å². The number of aryl methyl sites for hydroxylation is 2. The SMILES string of the molecule is CCc1oc(C(=O)Nc2c(C)cnn2C2CCCC2)cc1CN1CCCC1. The molecule has 0 bridgehead atoms. The summed E-state index contributed by atoms with van der Waals surface area (Å²) in [4.78, 5) is 15.3. The van der Waals surface area contributed by atoms with E-state index in [0.717, 1.165) is 61.6 Å². The number of hydrogen-bond acceptors (Lipinski definition) is 4. The first kappa shape index (κ1) is 18.3. The third kappa shape index (κ3) is 3.81. The maximum Gasteiger partial charge on any atom is 0.292 e. The van der Waals surface area contributed by atoms with Gasteiger partial charge in [0, 0.05) is 24.1 Å². The number of likely N-dealkylation sites (tertiary alicyclic amines) is 1. The molecule has 0 aromatic carbocycles. The molecule has 2 aromatic heterocycles. The number of carbonyl (C=O) groups excluding carboxylic acids is 1. The number of furan rings is 1. The first-order valence-corrected chi connectivity index (χ1v) is 10.3. The molecule has 1 amide bonds. The van der Waals surface area contributed by atoms with E-state index in [1.165, 1.54) is 25.7 Å². The fraction of sp³-hybridized carbons (Fsp3) is 0.619. The molecule has 27 heavy (non-hydrogen) atoms. The first-order valence-electron chi connectivity index (χ1n) is 10.3. The number of nitrogens with one attached hydrogen (secondary N) is 1. The van der Waals surface area contributed by atoms with Gasteiger partial charge in [-0.15, -0.1) is 0 Å². The van der Waals surface area contributed by atoms with E-state index in [1.54, 1.807) is 0 Å². The van der Waals surface area contributed by atoms with Crippen LogP contribution in [0.2, 0.25) is 0 Å². The largest absolute Gasteiger partial charge is 0.456 e. The number of aromatic nitrogens is 2. The first-order chi connectivity index (χ1) is 13.2. The normalized spacial score (nSPS) is 18.4. The van der Waals surface area contributed by atoms with Crippen molar-refractivity contribution in [1.29, 1.82) is 0 Å². The number of anilines is 1. The summed E-state index contributed by atoms with van der Waals surface area (Å²) in [6.07, 6.45) is 9.88. The molecular formula is C21H30N4O2. The Labute approximate surface area is 160 Å². The van der Waals surface area contributed by atoms with Gasteiger partial charge in [-0.25, -0.2) is 4.68 Å². The summed E-state index contributed by atoms with van der Waals surface area (Å²) in [6, 6.07) is 2.32. The molecule has 2 aliphatic rings. The summed E-state index contributed by atoms with van der Waals surface area (Å²) in [6.45, 7) is 7.21. The minimum atomic E-state index is -0.180. The highest BCUT2D eigenvalue weighted by molar-refractivity contribution is 6.02. The Hall–Kier alpha value is -2.08. The van der Waals surface area contributed by atoms with E-state index >= 15 is 0 Å². The molecular weight excluding hydrogens is 340 g/mol. The third-order valence-corrected chi connectivity index (χ3v) is 5.92. The molecule has 0 atom stereocenters. The fourth-order valence-corrected chi connectivity index (χ4v) is 4.39. The average molecular weight is 370 g/mol. The van der Waals surface area contributed by atoms with Gasteiger partial charge in [0.25, 0.3) is 5.91 Å². The van der Waals surface area contributed by atoms with Gasteiger partial charge < -0.3 is 9.73 Å². The second-order valence-corrected chi connectivity index (χ2v) is 7.91. The molecule has 3 heterocycles. The number of hydrogen-bond donors (Lipinski definition) is 1. The van der Waals surface area contributed by atoms with Gasteiger partial charge in [-0.1, -0.05) is 19.8 Å². The summed E-state index contributed by atoms with van der Waals surface area (Å²) in [5.74, 6) is 1.95. The quantitative estimate of drug-likeness (QED) is 0.823. The molecule has 6 heteroatoms. The lowest BCUT2D eigenvalue weighted by molar-refractivity contribution is 0.0993. The number of amides is 1. The van der Waals surface area contributed by atoms with Crippen LogP contribution in [0.5, 0.6) is 0 Å². The van der Waals surface area contributed by atoms with Crippen LogP contribution in [0.4, 0.5) is 5.82 Å². The van der Waals surface area contributed by atoms with Crippen LogP contribution < -0.4 is 5.32 Å². The molecule has 4 rings (SSSR count). The predicted molar refractivity (Wildman–Crippen MR) is 105 cm³/mol. The van der Waals surface area contributed by atoms with E-state index in [1.807, 2.05) is 23.9 Å². The van der Waals surface area contributed by atoms with Crippen molar-refractivity contribution in [2.45, 2.75) is 71.4 Å². The van der Waals surface area contributed by atoms with Crippen LogP contribution in [0, 0.1) is 6.92 Å². The molecule has 2 aromatic rings. The van der Waals surface area contributed by atoms with E-state index in [2.05, 4.69) is 22.2 Å². The van der Waals surface area contributed by atoms with Crippen LogP contribution in [-0.2, 0) is 13.0 Å². The van der Waals surface area contributed by atoms with Gasteiger partial charge in [0.1, 0.15) is 11.6 Å². The summed E-state index contributed by atoms with van der Waals surface area (Å²) in [5, 5.41) is 7.58. The molecule has 1 saturated carbocycles. The van der Waals surface area contributed by atoms with Gasteiger partial charge in [-0.05, 0) is 51.8 Å². The molecule has 1 saturated heterocycles. The lowest BCUT2D eigenvalue weighted by Gasteiger charge is -2.15. The van der Waals surface area contributed by atoms with Crippen molar-refractivity contribution < 1.29 is 9.21 Å². The standard InChI is InChI=1S/C21H30N4O2/c1-3-18-16(14-24-10-6-7-11-24)12-19(27-18)21(26)23-20-15(2)13-22-25(20)17-8-4-5-9-17/h12-13,17H,3-11,14H2,1-2H3,(H,23,26). The second-order valence-electron chi connectivity index (χ2n) is 7.91. The molecule has 6 nitrogen and oxygen atoms in total. The fourth-order valence-electron chi connectivity index (χ4n) is 4.39. The molecule has 2 fully saturated rings. The summed E-state index contributed by atoms with van der Waals surface area (Å²) in [5.41, 5.74) is 2.14. The number of carbonyl (C=O) groups is 1. The Morgan fingerprint density at radius 3 is 2.70 bits per heavy atom. The predicted octanol–water partition coefficient (Wildman–Crippen LogP) is 4.31. The minimum absolute atomic E-state index is 0.180. The summed E-state index contributed by atoms with van der Waals surface area (Å²) >= 11 is 0. The highest BCUT2D eigenvalue weighted by Gasteiger charge is 2.24. The van der Waals surface area contributed by atoms with Crippen molar-refractivity contribution in [2.24, 2.45) is 0 Å². The summed E-state index contributed by atoms with van der Waals surface area (Å²) < 4.78 is 7.92. The molecule has 1 aliphatic heterocycles. The maximum absolute atomic E-state index is 12.9.